The average Bonchev–Trinajstić information content (AvgIpc) is 2.53. The number of benzene rings is 2. The predicted octanol–water partition coefficient (Wildman–Crippen LogP) is 5.47. The Balaban J connectivity index is 2.26. The molecule has 0 unspecified atom stereocenters. The van der Waals surface area contributed by atoms with Gasteiger partial charge in [0, 0.05) is 10.7 Å². The smallest absolute Gasteiger partial charge is 0.311 e. The third-order valence-electron chi connectivity index (χ3n) is 3.60. The van der Waals surface area contributed by atoms with Crippen molar-refractivity contribution in [1.82, 2.24) is 0 Å². The van der Waals surface area contributed by atoms with Gasteiger partial charge in [-0.25, -0.2) is 0 Å². The van der Waals surface area contributed by atoms with Gasteiger partial charge in [0.05, 0.1) is 12.0 Å². The lowest BCUT2D eigenvalue weighted by atomic mass is 9.94. The molecule has 24 heavy (non-hydrogen) atoms. The van der Waals surface area contributed by atoms with Crippen LogP contribution in [0, 0.1) is 5.92 Å². The number of carbonyl (C=O) groups excluding carboxylic acids is 1. The predicted molar refractivity (Wildman–Crippen MR) is 99.3 cm³/mol. The number of rotatable bonds is 5. The summed E-state index contributed by atoms with van der Waals surface area (Å²) in [5.74, 6) is -0.569. The number of anilines is 1. The molecule has 0 bridgehead atoms. The van der Waals surface area contributed by atoms with Crippen molar-refractivity contribution >= 4 is 23.3 Å². The Morgan fingerprint density at radius 3 is 2.17 bits per heavy atom. The Labute approximate surface area is 149 Å². The van der Waals surface area contributed by atoms with E-state index < -0.39 is 5.60 Å². The Morgan fingerprint density at radius 1 is 1.04 bits per heavy atom. The van der Waals surface area contributed by atoms with Crippen LogP contribution < -0.4 is 5.32 Å². The van der Waals surface area contributed by atoms with Crippen molar-refractivity contribution in [3.05, 3.63) is 65.2 Å². The second-order valence-corrected chi connectivity index (χ2v) is 7.30. The zero-order valence-electron chi connectivity index (χ0n) is 14.5. The Morgan fingerprint density at radius 2 is 1.62 bits per heavy atom. The van der Waals surface area contributed by atoms with Crippen LogP contribution in [-0.2, 0) is 9.53 Å². The molecule has 0 heterocycles. The highest BCUT2D eigenvalue weighted by atomic mass is 35.5. The minimum absolute atomic E-state index is 0.192. The van der Waals surface area contributed by atoms with Gasteiger partial charge in [0.2, 0.25) is 0 Å². The first-order chi connectivity index (χ1) is 11.3. The second-order valence-electron chi connectivity index (χ2n) is 6.86. The second kappa shape index (κ2) is 7.71. The van der Waals surface area contributed by atoms with Gasteiger partial charge in [-0.05, 0) is 57.5 Å². The van der Waals surface area contributed by atoms with E-state index in [0.29, 0.717) is 5.02 Å². The number of hydrogen-bond acceptors (Lipinski definition) is 3. The minimum atomic E-state index is -0.507. The fourth-order valence-corrected chi connectivity index (χ4v) is 2.54. The van der Waals surface area contributed by atoms with Crippen LogP contribution in [0.5, 0.6) is 0 Å². The molecular weight excluding hydrogens is 322 g/mol. The van der Waals surface area contributed by atoms with Crippen molar-refractivity contribution < 1.29 is 9.53 Å². The van der Waals surface area contributed by atoms with Crippen molar-refractivity contribution in [2.24, 2.45) is 5.92 Å². The summed E-state index contributed by atoms with van der Waals surface area (Å²) in [6, 6.07) is 17.2. The molecule has 2 atom stereocenters. The molecule has 2 rings (SSSR count). The lowest BCUT2D eigenvalue weighted by Gasteiger charge is -2.28. The van der Waals surface area contributed by atoms with Gasteiger partial charge in [0.25, 0.3) is 0 Å². The largest absolute Gasteiger partial charge is 0.460 e. The topological polar surface area (TPSA) is 38.3 Å². The molecule has 0 spiro atoms. The highest BCUT2D eigenvalue weighted by molar-refractivity contribution is 6.30. The Bertz CT molecular complexity index is 662. The van der Waals surface area contributed by atoms with E-state index in [2.05, 4.69) is 5.32 Å². The van der Waals surface area contributed by atoms with E-state index in [1.54, 1.807) is 0 Å². The molecular formula is C20H24ClNO2. The summed E-state index contributed by atoms with van der Waals surface area (Å²) in [4.78, 5) is 12.5. The maximum absolute atomic E-state index is 12.5. The van der Waals surface area contributed by atoms with E-state index >= 15 is 0 Å². The molecule has 0 radical (unpaired) electrons. The number of nitrogens with one attached hydrogen (secondary N) is 1. The molecule has 1 N–H and O–H groups in total. The first-order valence-corrected chi connectivity index (χ1v) is 8.44. The number of carbonyl (C=O) groups is 1. The summed E-state index contributed by atoms with van der Waals surface area (Å²) < 4.78 is 5.56. The third-order valence-corrected chi connectivity index (χ3v) is 3.86. The number of hydrogen-bond donors (Lipinski definition) is 1. The van der Waals surface area contributed by atoms with Crippen molar-refractivity contribution in [1.29, 1.82) is 0 Å². The molecule has 0 fully saturated rings. The van der Waals surface area contributed by atoms with Crippen LogP contribution in [0.1, 0.15) is 39.3 Å². The van der Waals surface area contributed by atoms with Crippen LogP contribution in [0.2, 0.25) is 5.02 Å². The van der Waals surface area contributed by atoms with Crippen LogP contribution in [0.3, 0.4) is 0 Å². The van der Waals surface area contributed by atoms with Gasteiger partial charge in [-0.1, -0.05) is 41.9 Å². The molecule has 0 saturated heterocycles. The molecule has 0 amide bonds. The summed E-state index contributed by atoms with van der Waals surface area (Å²) in [6.45, 7) is 7.51. The van der Waals surface area contributed by atoms with E-state index in [1.807, 2.05) is 82.3 Å². The zero-order chi connectivity index (χ0) is 17.7. The van der Waals surface area contributed by atoms with Crippen LogP contribution in [0.25, 0.3) is 0 Å². The summed E-state index contributed by atoms with van der Waals surface area (Å²) in [5.41, 5.74) is 1.43. The normalized spacial score (nSPS) is 13.9. The quantitative estimate of drug-likeness (QED) is 0.730. The monoisotopic (exact) mass is 345 g/mol. The number of ether oxygens (including phenoxy) is 1. The van der Waals surface area contributed by atoms with Gasteiger partial charge in [0.1, 0.15) is 5.60 Å². The first kappa shape index (κ1) is 18.3. The number of esters is 1. The van der Waals surface area contributed by atoms with Crippen molar-refractivity contribution in [2.75, 3.05) is 5.32 Å². The van der Waals surface area contributed by atoms with Gasteiger partial charge in [0.15, 0.2) is 0 Å². The summed E-state index contributed by atoms with van der Waals surface area (Å²) >= 11 is 5.95. The molecule has 2 aromatic carbocycles. The average molecular weight is 346 g/mol. The Kier molecular flexibility index (Phi) is 5.89. The van der Waals surface area contributed by atoms with Crippen molar-refractivity contribution in [3.8, 4) is 0 Å². The molecule has 3 nitrogen and oxygen atoms in total. The van der Waals surface area contributed by atoms with E-state index in [-0.39, 0.29) is 17.9 Å². The van der Waals surface area contributed by atoms with Gasteiger partial charge in [-0.2, -0.15) is 0 Å². The van der Waals surface area contributed by atoms with Crippen molar-refractivity contribution in [3.63, 3.8) is 0 Å². The minimum Gasteiger partial charge on any atom is -0.460 e. The van der Waals surface area contributed by atoms with E-state index in [9.17, 15) is 4.79 Å². The SMILES string of the molecule is C[C@@H](C(=O)OC(C)(C)C)[C@H](Nc1ccc(Cl)cc1)c1ccccc1. The van der Waals surface area contributed by atoms with Crippen molar-refractivity contribution in [2.45, 2.75) is 39.3 Å². The van der Waals surface area contributed by atoms with Crippen LogP contribution >= 0.6 is 11.6 Å². The Hall–Kier alpha value is -2.00. The molecule has 0 aliphatic carbocycles. The van der Waals surface area contributed by atoms with Gasteiger partial charge < -0.3 is 10.1 Å². The summed E-state index contributed by atoms with van der Waals surface area (Å²) in [7, 11) is 0. The van der Waals surface area contributed by atoms with Crippen LogP contribution in [0.15, 0.2) is 54.6 Å². The lowest BCUT2D eigenvalue weighted by Crippen LogP contribution is -2.32. The highest BCUT2D eigenvalue weighted by Gasteiger charge is 2.29. The summed E-state index contributed by atoms with van der Waals surface area (Å²) in [5, 5.41) is 4.11. The molecule has 0 saturated carbocycles. The fourth-order valence-electron chi connectivity index (χ4n) is 2.41. The van der Waals surface area contributed by atoms with E-state index in [0.717, 1.165) is 11.3 Å². The van der Waals surface area contributed by atoms with Gasteiger partial charge in [-0.3, -0.25) is 4.79 Å². The van der Waals surface area contributed by atoms with Crippen LogP contribution in [-0.4, -0.2) is 11.6 Å². The molecule has 128 valence electrons. The summed E-state index contributed by atoms with van der Waals surface area (Å²) in [6.07, 6.45) is 0. The molecule has 0 aliphatic heterocycles. The molecule has 2 aromatic rings. The molecule has 4 heteroatoms. The molecule has 0 aliphatic rings. The van der Waals surface area contributed by atoms with E-state index in [4.69, 9.17) is 16.3 Å². The van der Waals surface area contributed by atoms with Crippen LogP contribution in [0.4, 0.5) is 5.69 Å². The zero-order valence-corrected chi connectivity index (χ0v) is 15.3. The standard InChI is InChI=1S/C20H24ClNO2/c1-14(19(23)24-20(2,3)4)18(15-8-6-5-7-9-15)22-17-12-10-16(21)11-13-17/h5-14,18,22H,1-4H3/t14-,18+/m1/s1. The fraction of sp³-hybridized carbons (Fsp3) is 0.350. The maximum atomic E-state index is 12.5. The van der Waals surface area contributed by atoms with Gasteiger partial charge in [-0.15, -0.1) is 0 Å². The maximum Gasteiger partial charge on any atom is 0.311 e. The molecule has 0 aromatic heterocycles. The lowest BCUT2D eigenvalue weighted by molar-refractivity contribution is -0.159. The van der Waals surface area contributed by atoms with Gasteiger partial charge >= 0.3 is 5.97 Å². The number of halogens is 1. The third kappa shape index (κ3) is 5.27. The highest BCUT2D eigenvalue weighted by Crippen LogP contribution is 2.29. The first-order valence-electron chi connectivity index (χ1n) is 8.06. The van der Waals surface area contributed by atoms with E-state index in [1.165, 1.54) is 0 Å².